The van der Waals surface area contributed by atoms with Crippen molar-refractivity contribution in [3.63, 3.8) is 0 Å². The molecule has 64 valence electrons. The molecule has 1 rings (SSSR count). The van der Waals surface area contributed by atoms with Gasteiger partial charge in [-0.3, -0.25) is 4.79 Å². The van der Waals surface area contributed by atoms with Gasteiger partial charge in [0.1, 0.15) is 0 Å². The highest BCUT2D eigenvalue weighted by atomic mass is 16.1. The Labute approximate surface area is 67.8 Å². The Morgan fingerprint density at radius 3 is 3.09 bits per heavy atom. The van der Waals surface area contributed by atoms with E-state index in [1.54, 1.807) is 0 Å². The molecule has 11 heavy (non-hydrogen) atoms. The van der Waals surface area contributed by atoms with Crippen LogP contribution in [0.25, 0.3) is 0 Å². The predicted molar refractivity (Wildman–Crippen MR) is 44.3 cm³/mol. The Kier molecular flexibility index (Phi) is 2.88. The molecule has 0 aromatic carbocycles. The van der Waals surface area contributed by atoms with E-state index in [2.05, 4.69) is 24.2 Å². The summed E-state index contributed by atoms with van der Waals surface area (Å²) in [4.78, 5) is 13.3. The maximum atomic E-state index is 11.0. The summed E-state index contributed by atoms with van der Waals surface area (Å²) in [7, 11) is 2.09. The third-order valence-corrected chi connectivity index (χ3v) is 1.97. The molecule has 0 radical (unpaired) electrons. The van der Waals surface area contributed by atoms with Crippen LogP contribution in [0.1, 0.15) is 13.3 Å². The van der Waals surface area contributed by atoms with E-state index in [0.717, 1.165) is 19.6 Å². The lowest BCUT2D eigenvalue weighted by Gasteiger charge is -2.24. The van der Waals surface area contributed by atoms with Crippen LogP contribution in [0, 0.1) is 5.92 Å². The van der Waals surface area contributed by atoms with Gasteiger partial charge in [-0.1, -0.05) is 6.92 Å². The van der Waals surface area contributed by atoms with Crippen molar-refractivity contribution in [3.8, 4) is 0 Å². The summed E-state index contributed by atoms with van der Waals surface area (Å²) in [5, 5.41) is 2.86. The lowest BCUT2D eigenvalue weighted by molar-refractivity contribution is -0.122. The molecule has 1 heterocycles. The van der Waals surface area contributed by atoms with Crippen molar-refractivity contribution in [2.45, 2.75) is 13.3 Å². The normalized spacial score (nSPS) is 28.9. The molecule has 3 nitrogen and oxygen atoms in total. The summed E-state index contributed by atoms with van der Waals surface area (Å²) >= 11 is 0. The van der Waals surface area contributed by atoms with Gasteiger partial charge in [-0.2, -0.15) is 0 Å². The van der Waals surface area contributed by atoms with Crippen LogP contribution in [0.4, 0.5) is 0 Å². The Balaban J connectivity index is 2.40. The van der Waals surface area contributed by atoms with E-state index in [9.17, 15) is 4.79 Å². The molecule has 0 bridgehead atoms. The summed E-state index contributed by atoms with van der Waals surface area (Å²) < 4.78 is 0. The molecule has 0 aromatic rings. The second kappa shape index (κ2) is 3.72. The Morgan fingerprint density at radius 2 is 2.36 bits per heavy atom. The van der Waals surface area contributed by atoms with Gasteiger partial charge >= 0.3 is 0 Å². The smallest absolute Gasteiger partial charge is 0.220 e. The molecule has 1 unspecified atom stereocenters. The average Bonchev–Trinajstić information content (AvgIpc) is 1.83. The monoisotopic (exact) mass is 156 g/mol. The molecule has 1 aliphatic rings. The number of carbonyl (C=O) groups excluding carboxylic acids is 1. The molecule has 1 N–H and O–H groups in total. The first-order valence-corrected chi connectivity index (χ1v) is 4.13. The number of hydrogen-bond donors (Lipinski definition) is 1. The van der Waals surface area contributed by atoms with Crippen molar-refractivity contribution >= 4 is 5.91 Å². The fourth-order valence-corrected chi connectivity index (χ4v) is 1.46. The fourth-order valence-electron chi connectivity index (χ4n) is 1.46. The van der Waals surface area contributed by atoms with Crippen LogP contribution in [0.2, 0.25) is 0 Å². The van der Waals surface area contributed by atoms with Crippen LogP contribution in [-0.2, 0) is 4.79 Å². The predicted octanol–water partition coefficient (Wildman–Crippen LogP) is 0.0742. The van der Waals surface area contributed by atoms with Crippen LogP contribution in [0.15, 0.2) is 0 Å². The van der Waals surface area contributed by atoms with Gasteiger partial charge in [-0.15, -0.1) is 0 Å². The quantitative estimate of drug-likeness (QED) is 0.538. The van der Waals surface area contributed by atoms with E-state index in [1.165, 1.54) is 0 Å². The molecule has 1 amide bonds. The first kappa shape index (κ1) is 8.53. The standard InChI is InChI=1S/C8H16N2O/c1-7-5-8(11)9-3-4-10(2)6-7/h7H,3-6H2,1-2H3,(H,9,11). The molecule has 1 fully saturated rings. The number of nitrogens with one attached hydrogen (secondary N) is 1. The molecule has 1 aliphatic heterocycles. The van der Waals surface area contributed by atoms with Gasteiger partial charge in [0, 0.05) is 26.1 Å². The van der Waals surface area contributed by atoms with Gasteiger partial charge in [-0.05, 0) is 13.0 Å². The van der Waals surface area contributed by atoms with Crippen molar-refractivity contribution in [2.24, 2.45) is 5.92 Å². The minimum absolute atomic E-state index is 0.200. The summed E-state index contributed by atoms with van der Waals surface area (Å²) in [6, 6.07) is 0. The van der Waals surface area contributed by atoms with Crippen molar-refractivity contribution in [1.82, 2.24) is 10.2 Å². The summed E-state index contributed by atoms with van der Waals surface area (Å²) in [5.74, 6) is 0.686. The number of rotatable bonds is 0. The summed E-state index contributed by atoms with van der Waals surface area (Å²) in [6.45, 7) is 4.91. The van der Waals surface area contributed by atoms with E-state index < -0.39 is 0 Å². The highest BCUT2D eigenvalue weighted by Gasteiger charge is 2.13. The van der Waals surface area contributed by atoms with Crippen molar-refractivity contribution in [1.29, 1.82) is 0 Å². The second-order valence-electron chi connectivity index (χ2n) is 3.42. The highest BCUT2D eigenvalue weighted by molar-refractivity contribution is 5.76. The fraction of sp³-hybridized carbons (Fsp3) is 0.875. The van der Waals surface area contributed by atoms with Gasteiger partial charge in [0.25, 0.3) is 0 Å². The van der Waals surface area contributed by atoms with Gasteiger partial charge in [0.05, 0.1) is 0 Å². The Bertz CT molecular complexity index is 147. The largest absolute Gasteiger partial charge is 0.355 e. The van der Waals surface area contributed by atoms with Crippen molar-refractivity contribution < 1.29 is 4.79 Å². The third kappa shape index (κ3) is 2.89. The minimum Gasteiger partial charge on any atom is -0.355 e. The molecular weight excluding hydrogens is 140 g/mol. The van der Waals surface area contributed by atoms with Gasteiger partial charge < -0.3 is 10.2 Å². The molecular formula is C8H16N2O. The first-order chi connectivity index (χ1) is 5.18. The molecule has 0 aromatic heterocycles. The van der Waals surface area contributed by atoms with Crippen LogP contribution >= 0.6 is 0 Å². The van der Waals surface area contributed by atoms with E-state index in [0.29, 0.717) is 12.3 Å². The lowest BCUT2D eigenvalue weighted by atomic mass is 10.1. The lowest BCUT2D eigenvalue weighted by Crippen LogP contribution is -2.39. The van der Waals surface area contributed by atoms with Crippen LogP contribution in [-0.4, -0.2) is 37.5 Å². The third-order valence-electron chi connectivity index (χ3n) is 1.97. The van der Waals surface area contributed by atoms with E-state index in [-0.39, 0.29) is 5.91 Å². The van der Waals surface area contributed by atoms with Crippen LogP contribution in [0.3, 0.4) is 0 Å². The maximum Gasteiger partial charge on any atom is 0.220 e. The topological polar surface area (TPSA) is 32.3 Å². The van der Waals surface area contributed by atoms with Crippen molar-refractivity contribution in [3.05, 3.63) is 0 Å². The van der Waals surface area contributed by atoms with E-state index in [1.807, 2.05) is 0 Å². The average molecular weight is 156 g/mol. The summed E-state index contributed by atoms with van der Waals surface area (Å²) in [6.07, 6.45) is 0.671. The van der Waals surface area contributed by atoms with E-state index >= 15 is 0 Å². The number of amides is 1. The first-order valence-electron chi connectivity index (χ1n) is 4.13. The van der Waals surface area contributed by atoms with E-state index in [4.69, 9.17) is 0 Å². The summed E-state index contributed by atoms with van der Waals surface area (Å²) in [5.41, 5.74) is 0. The molecule has 1 saturated heterocycles. The number of hydrogen-bond acceptors (Lipinski definition) is 2. The van der Waals surface area contributed by atoms with Gasteiger partial charge in [-0.25, -0.2) is 0 Å². The van der Waals surface area contributed by atoms with Crippen LogP contribution < -0.4 is 5.32 Å². The van der Waals surface area contributed by atoms with Crippen LogP contribution in [0.5, 0.6) is 0 Å². The maximum absolute atomic E-state index is 11.0. The number of nitrogens with zero attached hydrogens (tertiary/aromatic N) is 1. The SMILES string of the molecule is CC1CC(=O)NCCN(C)C1. The molecule has 1 atom stereocenters. The molecule has 0 aliphatic carbocycles. The van der Waals surface area contributed by atoms with Gasteiger partial charge in [0.2, 0.25) is 5.91 Å². The minimum atomic E-state index is 0.200. The molecule has 3 heteroatoms. The second-order valence-corrected chi connectivity index (χ2v) is 3.42. The Morgan fingerprint density at radius 1 is 1.64 bits per heavy atom. The zero-order valence-electron chi connectivity index (χ0n) is 7.26. The Hall–Kier alpha value is -0.570. The van der Waals surface area contributed by atoms with Crippen molar-refractivity contribution in [2.75, 3.05) is 26.7 Å². The molecule has 0 spiro atoms. The highest BCUT2D eigenvalue weighted by Crippen LogP contribution is 2.05. The molecule has 0 saturated carbocycles. The zero-order valence-corrected chi connectivity index (χ0v) is 7.26. The zero-order chi connectivity index (χ0) is 8.27. The number of likely N-dealkylation sites (N-methyl/N-ethyl adjacent to an activating group) is 1. The number of carbonyl (C=O) groups is 1. The van der Waals surface area contributed by atoms with Gasteiger partial charge in [0.15, 0.2) is 0 Å².